The summed E-state index contributed by atoms with van der Waals surface area (Å²) < 4.78 is 10.5. The maximum Gasteiger partial charge on any atom is 0.238 e. The number of ether oxygens (including phenoxy) is 2. The van der Waals surface area contributed by atoms with Gasteiger partial charge in [0.2, 0.25) is 5.91 Å². The zero-order chi connectivity index (χ0) is 18.5. The maximum atomic E-state index is 12.4. The van der Waals surface area contributed by atoms with Gasteiger partial charge in [-0.25, -0.2) is 0 Å². The van der Waals surface area contributed by atoms with Gasteiger partial charge >= 0.3 is 0 Å². The minimum atomic E-state index is -0.0429. The summed E-state index contributed by atoms with van der Waals surface area (Å²) in [6.45, 7) is 4.12. The zero-order valence-electron chi connectivity index (χ0n) is 15.3. The summed E-state index contributed by atoms with van der Waals surface area (Å²) >= 11 is 1.67. The minimum Gasteiger partial charge on any atom is -0.497 e. The second-order valence-electron chi connectivity index (χ2n) is 6.32. The highest BCUT2D eigenvalue weighted by molar-refractivity contribution is 7.11. The lowest BCUT2D eigenvalue weighted by atomic mass is 9.98. The van der Waals surface area contributed by atoms with Crippen LogP contribution < -0.4 is 14.8 Å². The molecule has 0 aliphatic carbocycles. The normalized spacial score (nSPS) is 15.7. The van der Waals surface area contributed by atoms with Crippen molar-refractivity contribution >= 4 is 22.9 Å². The molecule has 1 aromatic heterocycles. The topological polar surface area (TPSA) is 76.6 Å². The number of rotatable bonds is 6. The highest BCUT2D eigenvalue weighted by Crippen LogP contribution is 2.31. The van der Waals surface area contributed by atoms with Crippen LogP contribution in [0.4, 0.5) is 5.69 Å². The molecule has 2 heterocycles. The highest BCUT2D eigenvalue weighted by atomic mass is 32.1. The van der Waals surface area contributed by atoms with Crippen LogP contribution in [0, 0.1) is 6.92 Å². The predicted octanol–water partition coefficient (Wildman–Crippen LogP) is 2.68. The lowest BCUT2D eigenvalue weighted by Crippen LogP contribution is -2.38. The van der Waals surface area contributed by atoms with Gasteiger partial charge in [-0.2, -0.15) is 0 Å². The van der Waals surface area contributed by atoms with Crippen molar-refractivity contribution in [2.45, 2.75) is 25.7 Å². The van der Waals surface area contributed by atoms with E-state index in [0.717, 1.165) is 35.9 Å². The van der Waals surface area contributed by atoms with Crippen LogP contribution in [-0.4, -0.2) is 54.9 Å². The minimum absolute atomic E-state index is 0.0429. The molecule has 0 atom stereocenters. The molecule has 1 amide bonds. The van der Waals surface area contributed by atoms with Crippen molar-refractivity contribution < 1.29 is 14.3 Å². The molecule has 1 aliphatic rings. The van der Waals surface area contributed by atoms with Crippen LogP contribution in [0.3, 0.4) is 0 Å². The number of piperidine rings is 1. The van der Waals surface area contributed by atoms with Gasteiger partial charge in [-0.3, -0.25) is 9.69 Å². The number of aromatic nitrogens is 2. The van der Waals surface area contributed by atoms with E-state index in [4.69, 9.17) is 9.47 Å². The molecule has 8 heteroatoms. The number of benzene rings is 1. The Balaban J connectivity index is 1.51. The molecule has 1 aliphatic heterocycles. The molecule has 0 spiro atoms. The predicted molar refractivity (Wildman–Crippen MR) is 101 cm³/mol. The van der Waals surface area contributed by atoms with Crippen LogP contribution in [0.15, 0.2) is 18.2 Å². The van der Waals surface area contributed by atoms with E-state index < -0.39 is 0 Å². The molecule has 3 rings (SSSR count). The standard InChI is InChI=1S/C18H24N4O3S/c1-12-20-21-18(26-12)13-6-8-22(9-7-13)11-17(23)19-15-5-4-14(24-2)10-16(15)25-3/h4-5,10,13H,6-9,11H2,1-3H3,(H,19,23). The Bertz CT molecular complexity index is 757. The molecule has 1 aromatic carbocycles. The molecule has 1 fully saturated rings. The molecule has 1 N–H and O–H groups in total. The molecular weight excluding hydrogens is 352 g/mol. The summed E-state index contributed by atoms with van der Waals surface area (Å²) in [7, 11) is 3.17. The highest BCUT2D eigenvalue weighted by Gasteiger charge is 2.24. The number of methoxy groups -OCH3 is 2. The largest absolute Gasteiger partial charge is 0.497 e. The van der Waals surface area contributed by atoms with Crippen LogP contribution in [0.2, 0.25) is 0 Å². The van der Waals surface area contributed by atoms with Crippen molar-refractivity contribution in [1.29, 1.82) is 0 Å². The molecule has 0 bridgehead atoms. The summed E-state index contributed by atoms with van der Waals surface area (Å²) in [4.78, 5) is 14.6. The van der Waals surface area contributed by atoms with Crippen molar-refractivity contribution in [3.63, 3.8) is 0 Å². The molecule has 7 nitrogen and oxygen atoms in total. The van der Waals surface area contributed by atoms with Crippen LogP contribution in [-0.2, 0) is 4.79 Å². The first-order valence-corrected chi connectivity index (χ1v) is 9.45. The Morgan fingerprint density at radius 3 is 2.65 bits per heavy atom. The first kappa shape index (κ1) is 18.6. The van der Waals surface area contributed by atoms with E-state index in [1.165, 1.54) is 0 Å². The number of nitrogens with one attached hydrogen (secondary N) is 1. The number of aryl methyl sites for hydroxylation is 1. The first-order chi connectivity index (χ1) is 12.6. The number of nitrogens with zero attached hydrogens (tertiary/aromatic N) is 3. The van der Waals surface area contributed by atoms with Gasteiger partial charge in [-0.05, 0) is 45.0 Å². The number of hydrogen-bond acceptors (Lipinski definition) is 7. The van der Waals surface area contributed by atoms with Gasteiger partial charge < -0.3 is 14.8 Å². The Kier molecular flexibility index (Phi) is 6.05. The third kappa shape index (κ3) is 4.50. The lowest BCUT2D eigenvalue weighted by molar-refractivity contribution is -0.117. The Hall–Kier alpha value is -2.19. The average Bonchev–Trinajstić information content (AvgIpc) is 3.09. The number of amides is 1. The van der Waals surface area contributed by atoms with Crippen LogP contribution in [0.1, 0.15) is 28.8 Å². The molecule has 0 radical (unpaired) electrons. The summed E-state index contributed by atoms with van der Waals surface area (Å²) in [6, 6.07) is 5.35. The number of carbonyl (C=O) groups is 1. The molecule has 0 unspecified atom stereocenters. The van der Waals surface area contributed by atoms with E-state index in [1.807, 2.05) is 6.92 Å². The average molecular weight is 376 g/mol. The van der Waals surface area contributed by atoms with E-state index in [1.54, 1.807) is 43.8 Å². The second-order valence-corrected chi connectivity index (χ2v) is 7.54. The van der Waals surface area contributed by atoms with E-state index >= 15 is 0 Å². The Labute approximate surface area is 157 Å². The molecular formula is C18H24N4O3S. The molecule has 26 heavy (non-hydrogen) atoms. The van der Waals surface area contributed by atoms with Crippen molar-refractivity contribution in [1.82, 2.24) is 15.1 Å². The van der Waals surface area contributed by atoms with Crippen molar-refractivity contribution in [3.05, 3.63) is 28.2 Å². The Morgan fingerprint density at radius 2 is 2.04 bits per heavy atom. The van der Waals surface area contributed by atoms with Gasteiger partial charge in [-0.1, -0.05) is 0 Å². The Morgan fingerprint density at radius 1 is 1.27 bits per heavy atom. The number of anilines is 1. The second kappa shape index (κ2) is 8.46. The summed E-state index contributed by atoms with van der Waals surface area (Å²) in [6.07, 6.45) is 2.02. The van der Waals surface area contributed by atoms with Gasteiger partial charge in [0.05, 0.1) is 26.5 Å². The van der Waals surface area contributed by atoms with Gasteiger partial charge in [0, 0.05) is 12.0 Å². The quantitative estimate of drug-likeness (QED) is 0.835. The van der Waals surface area contributed by atoms with Crippen molar-refractivity contribution in [3.8, 4) is 11.5 Å². The fourth-order valence-electron chi connectivity index (χ4n) is 3.11. The number of carbonyl (C=O) groups excluding carboxylic acids is 1. The van der Waals surface area contributed by atoms with Crippen molar-refractivity contribution in [2.24, 2.45) is 0 Å². The number of likely N-dealkylation sites (tertiary alicyclic amines) is 1. The van der Waals surface area contributed by atoms with Gasteiger partial charge in [0.15, 0.2) is 0 Å². The van der Waals surface area contributed by atoms with E-state index in [2.05, 4.69) is 20.4 Å². The third-order valence-corrected chi connectivity index (χ3v) is 5.53. The fraction of sp³-hybridized carbons (Fsp3) is 0.500. The SMILES string of the molecule is COc1ccc(NC(=O)CN2CCC(c3nnc(C)s3)CC2)c(OC)c1. The molecule has 0 saturated carbocycles. The van der Waals surface area contributed by atoms with E-state index in [0.29, 0.717) is 29.6 Å². The molecule has 2 aromatic rings. The van der Waals surface area contributed by atoms with Gasteiger partial charge in [0.1, 0.15) is 21.5 Å². The third-order valence-electron chi connectivity index (χ3n) is 4.53. The van der Waals surface area contributed by atoms with Crippen LogP contribution in [0.25, 0.3) is 0 Å². The maximum absolute atomic E-state index is 12.4. The zero-order valence-corrected chi connectivity index (χ0v) is 16.1. The van der Waals surface area contributed by atoms with Crippen LogP contribution >= 0.6 is 11.3 Å². The summed E-state index contributed by atoms with van der Waals surface area (Å²) in [5.74, 6) is 1.69. The molecule has 140 valence electrons. The first-order valence-electron chi connectivity index (χ1n) is 8.63. The van der Waals surface area contributed by atoms with Gasteiger partial charge in [-0.15, -0.1) is 21.5 Å². The van der Waals surface area contributed by atoms with E-state index in [-0.39, 0.29) is 5.91 Å². The summed E-state index contributed by atoms with van der Waals surface area (Å²) in [5, 5.41) is 13.4. The number of hydrogen-bond donors (Lipinski definition) is 1. The molecule has 1 saturated heterocycles. The lowest BCUT2D eigenvalue weighted by Gasteiger charge is -2.30. The monoisotopic (exact) mass is 376 g/mol. The smallest absolute Gasteiger partial charge is 0.238 e. The van der Waals surface area contributed by atoms with E-state index in [9.17, 15) is 4.79 Å². The van der Waals surface area contributed by atoms with Gasteiger partial charge in [0.25, 0.3) is 0 Å². The summed E-state index contributed by atoms with van der Waals surface area (Å²) in [5.41, 5.74) is 0.650. The fourth-order valence-corrected chi connectivity index (χ4v) is 3.98. The van der Waals surface area contributed by atoms with Crippen LogP contribution in [0.5, 0.6) is 11.5 Å². The van der Waals surface area contributed by atoms with Crippen molar-refractivity contribution in [2.75, 3.05) is 39.2 Å².